The van der Waals surface area contributed by atoms with E-state index in [9.17, 15) is 13.2 Å². The fraction of sp³-hybridized carbons (Fsp3) is 0.240. The van der Waals surface area contributed by atoms with Crippen LogP contribution in [0.25, 0.3) is 0 Å². The Hall–Kier alpha value is -3.20. The number of hydrogen-bond acceptors (Lipinski definition) is 5. The van der Waals surface area contributed by atoms with Crippen molar-refractivity contribution in [3.8, 4) is 11.5 Å². The predicted octanol–water partition coefficient (Wildman–Crippen LogP) is 4.37. The molecule has 0 saturated carbocycles. The van der Waals surface area contributed by atoms with Gasteiger partial charge in [-0.15, -0.1) is 0 Å². The van der Waals surface area contributed by atoms with Gasteiger partial charge in [-0.1, -0.05) is 35.4 Å². The van der Waals surface area contributed by atoms with Crippen molar-refractivity contribution in [3.05, 3.63) is 83.4 Å². The zero-order valence-corrected chi connectivity index (χ0v) is 19.4. The molecule has 1 fully saturated rings. The van der Waals surface area contributed by atoms with Crippen LogP contribution in [-0.2, 0) is 14.8 Å². The van der Waals surface area contributed by atoms with E-state index in [2.05, 4.69) is 5.32 Å². The smallest absolute Gasteiger partial charge is 0.255 e. The molecule has 0 bridgehead atoms. The van der Waals surface area contributed by atoms with Gasteiger partial charge in [-0.3, -0.25) is 4.79 Å². The first-order valence-electron chi connectivity index (χ1n) is 10.7. The fourth-order valence-corrected chi connectivity index (χ4v) is 5.14. The Morgan fingerprint density at radius 1 is 0.939 bits per heavy atom. The number of sulfonamides is 1. The van der Waals surface area contributed by atoms with E-state index < -0.39 is 10.0 Å². The number of hydrogen-bond donors (Lipinski definition) is 1. The predicted molar refractivity (Wildman–Crippen MR) is 126 cm³/mol. The molecule has 1 N–H and O–H groups in total. The summed E-state index contributed by atoms with van der Waals surface area (Å²) in [5.74, 6) is 0.573. The minimum atomic E-state index is -3.74. The molecular formula is C25H26N2O5S. The molecule has 0 spiro atoms. The van der Waals surface area contributed by atoms with E-state index in [1.54, 1.807) is 30.3 Å². The second kappa shape index (κ2) is 9.74. The number of benzene rings is 3. The molecule has 3 aromatic carbocycles. The maximum Gasteiger partial charge on any atom is 0.255 e. The van der Waals surface area contributed by atoms with Crippen molar-refractivity contribution in [3.63, 3.8) is 0 Å². The van der Waals surface area contributed by atoms with Crippen molar-refractivity contribution in [2.45, 2.75) is 18.7 Å². The fourth-order valence-electron chi connectivity index (χ4n) is 3.71. The summed E-state index contributed by atoms with van der Waals surface area (Å²) < 4.78 is 39.0. The number of nitrogens with one attached hydrogen (secondary N) is 1. The summed E-state index contributed by atoms with van der Waals surface area (Å²) >= 11 is 0. The minimum Gasteiger partial charge on any atom is -0.455 e. The zero-order chi connectivity index (χ0) is 23.4. The molecule has 8 heteroatoms. The quantitative estimate of drug-likeness (QED) is 0.583. The van der Waals surface area contributed by atoms with Crippen molar-refractivity contribution in [2.24, 2.45) is 0 Å². The maximum atomic E-state index is 13.2. The highest BCUT2D eigenvalue weighted by Crippen LogP contribution is 2.33. The molecule has 0 aliphatic carbocycles. The molecule has 1 aliphatic rings. The highest BCUT2D eigenvalue weighted by Gasteiger charge is 2.27. The molecule has 7 nitrogen and oxygen atoms in total. The summed E-state index contributed by atoms with van der Waals surface area (Å²) in [7, 11) is -3.74. The lowest BCUT2D eigenvalue weighted by Gasteiger charge is -2.26. The monoisotopic (exact) mass is 466 g/mol. The summed E-state index contributed by atoms with van der Waals surface area (Å²) in [6.45, 7) is 5.12. The number of carbonyl (C=O) groups excluding carboxylic acids is 1. The SMILES string of the molecule is Cc1cc(C)cc(C(=O)Nc2cc(S(=O)(=O)N3CCOCC3)ccc2Oc2ccccc2)c1. The van der Waals surface area contributed by atoms with Gasteiger partial charge in [-0.25, -0.2) is 8.42 Å². The first kappa shape index (κ1) is 23.0. The lowest BCUT2D eigenvalue weighted by Crippen LogP contribution is -2.40. The molecule has 1 aliphatic heterocycles. The number of rotatable bonds is 6. The van der Waals surface area contributed by atoms with Crippen LogP contribution in [0.2, 0.25) is 0 Å². The van der Waals surface area contributed by atoms with Crippen LogP contribution in [-0.4, -0.2) is 44.9 Å². The first-order valence-corrected chi connectivity index (χ1v) is 12.1. The highest BCUT2D eigenvalue weighted by atomic mass is 32.2. The van der Waals surface area contributed by atoms with Crippen LogP contribution in [0.1, 0.15) is 21.5 Å². The lowest BCUT2D eigenvalue weighted by molar-refractivity contribution is 0.0730. The van der Waals surface area contributed by atoms with Gasteiger partial charge in [-0.05, 0) is 56.3 Å². The molecule has 0 unspecified atom stereocenters. The number of amides is 1. The van der Waals surface area contributed by atoms with E-state index in [0.29, 0.717) is 30.3 Å². The van der Waals surface area contributed by atoms with Crippen LogP contribution in [0.15, 0.2) is 71.6 Å². The van der Waals surface area contributed by atoms with Crippen LogP contribution >= 0.6 is 0 Å². The summed E-state index contributed by atoms with van der Waals surface area (Å²) in [5.41, 5.74) is 2.69. The maximum absolute atomic E-state index is 13.2. The Morgan fingerprint density at radius 3 is 2.27 bits per heavy atom. The van der Waals surface area contributed by atoms with E-state index >= 15 is 0 Å². The second-order valence-electron chi connectivity index (χ2n) is 7.92. The zero-order valence-electron chi connectivity index (χ0n) is 18.6. The van der Waals surface area contributed by atoms with Crippen LogP contribution in [0.3, 0.4) is 0 Å². The third-order valence-corrected chi connectivity index (χ3v) is 7.16. The molecule has 4 rings (SSSR count). The number of ether oxygens (including phenoxy) is 2. The van der Waals surface area contributed by atoms with E-state index in [1.807, 2.05) is 38.1 Å². The average molecular weight is 467 g/mol. The number of anilines is 1. The largest absolute Gasteiger partial charge is 0.455 e. The Morgan fingerprint density at radius 2 is 1.61 bits per heavy atom. The summed E-state index contributed by atoms with van der Waals surface area (Å²) in [5, 5.41) is 2.85. The molecule has 1 amide bonds. The number of carbonyl (C=O) groups is 1. The molecule has 1 heterocycles. The van der Waals surface area contributed by atoms with Gasteiger partial charge >= 0.3 is 0 Å². The van der Waals surface area contributed by atoms with Gasteiger partial charge in [0.25, 0.3) is 5.91 Å². The third kappa shape index (κ3) is 5.42. The van der Waals surface area contributed by atoms with Gasteiger partial charge in [0, 0.05) is 18.7 Å². The van der Waals surface area contributed by atoms with Gasteiger partial charge in [0.15, 0.2) is 5.75 Å². The van der Waals surface area contributed by atoms with Crippen molar-refractivity contribution >= 4 is 21.6 Å². The minimum absolute atomic E-state index is 0.0838. The van der Waals surface area contributed by atoms with E-state index in [0.717, 1.165) is 11.1 Å². The summed E-state index contributed by atoms with van der Waals surface area (Å²) in [6.07, 6.45) is 0. The molecule has 33 heavy (non-hydrogen) atoms. The number of aryl methyl sites for hydroxylation is 2. The highest BCUT2D eigenvalue weighted by molar-refractivity contribution is 7.89. The van der Waals surface area contributed by atoms with Crippen molar-refractivity contribution < 1.29 is 22.7 Å². The summed E-state index contributed by atoms with van der Waals surface area (Å²) in [4.78, 5) is 13.1. The molecule has 0 aromatic heterocycles. The molecule has 0 atom stereocenters. The third-order valence-electron chi connectivity index (χ3n) is 5.26. The first-order chi connectivity index (χ1) is 15.8. The van der Waals surface area contributed by atoms with Gasteiger partial charge in [-0.2, -0.15) is 4.31 Å². The Labute approximate surface area is 194 Å². The second-order valence-corrected chi connectivity index (χ2v) is 9.86. The van der Waals surface area contributed by atoms with Crippen molar-refractivity contribution in [1.29, 1.82) is 0 Å². The van der Waals surface area contributed by atoms with Gasteiger partial charge in [0.05, 0.1) is 23.8 Å². The standard InChI is InChI=1S/C25H26N2O5S/c1-18-14-19(2)16-20(15-18)25(28)26-23-17-22(33(29,30)27-10-12-31-13-11-27)8-9-24(23)32-21-6-4-3-5-7-21/h3-9,14-17H,10-13H2,1-2H3,(H,26,28). The van der Waals surface area contributed by atoms with Gasteiger partial charge in [0.1, 0.15) is 5.75 Å². The molecule has 172 valence electrons. The number of nitrogens with zero attached hydrogens (tertiary/aromatic N) is 1. The van der Waals surface area contributed by atoms with Crippen LogP contribution < -0.4 is 10.1 Å². The molecule has 1 saturated heterocycles. The van der Waals surface area contributed by atoms with Gasteiger partial charge < -0.3 is 14.8 Å². The van der Waals surface area contributed by atoms with E-state index in [4.69, 9.17) is 9.47 Å². The number of morpholine rings is 1. The Bertz CT molecular complexity index is 1230. The van der Waals surface area contributed by atoms with E-state index in [-0.39, 0.29) is 29.6 Å². The molecular weight excluding hydrogens is 440 g/mol. The normalized spacial score (nSPS) is 14.6. The Kier molecular flexibility index (Phi) is 6.78. The summed E-state index contributed by atoms with van der Waals surface area (Å²) in [6, 6.07) is 19.2. The topological polar surface area (TPSA) is 84.9 Å². The van der Waals surface area contributed by atoms with E-state index in [1.165, 1.54) is 16.4 Å². The van der Waals surface area contributed by atoms with Crippen molar-refractivity contribution in [1.82, 2.24) is 4.31 Å². The average Bonchev–Trinajstić information content (AvgIpc) is 2.80. The number of para-hydroxylation sites is 1. The lowest BCUT2D eigenvalue weighted by atomic mass is 10.1. The van der Waals surface area contributed by atoms with Gasteiger partial charge in [0.2, 0.25) is 10.0 Å². The molecule has 3 aromatic rings. The van der Waals surface area contributed by atoms with Crippen molar-refractivity contribution in [2.75, 3.05) is 31.6 Å². The Balaban J connectivity index is 1.70. The van der Waals surface area contributed by atoms with Crippen LogP contribution in [0, 0.1) is 13.8 Å². The molecule has 0 radical (unpaired) electrons. The van der Waals surface area contributed by atoms with Crippen LogP contribution in [0.4, 0.5) is 5.69 Å². The van der Waals surface area contributed by atoms with Crippen LogP contribution in [0.5, 0.6) is 11.5 Å².